The Morgan fingerprint density at radius 2 is 2.32 bits per heavy atom. The maximum atomic E-state index is 12.0. The molecule has 0 saturated carbocycles. The number of rotatable bonds is 7. The third kappa shape index (κ3) is 4.48. The standard InChI is InChI=1S/C13H23N7O2/c1-9(2)20-7-6-15-13(22)10(20)8-12(21)14-5-3-4-11-16-18-19-17-11/h9-10H,3-8H2,1-2H3,(H,14,21)(H,15,22)(H,16,17,18,19)/t10-/m1/s1. The average Bonchev–Trinajstić information content (AvgIpc) is 2.99. The zero-order valence-corrected chi connectivity index (χ0v) is 13.0. The molecule has 2 rings (SSSR count). The summed E-state index contributed by atoms with van der Waals surface area (Å²) in [6.45, 7) is 6.02. The topological polar surface area (TPSA) is 116 Å². The second-order valence-corrected chi connectivity index (χ2v) is 5.62. The fraction of sp³-hybridized carbons (Fsp3) is 0.769. The molecule has 0 bridgehead atoms. The van der Waals surface area contributed by atoms with E-state index in [9.17, 15) is 9.59 Å². The molecule has 9 nitrogen and oxygen atoms in total. The second kappa shape index (κ2) is 7.83. The van der Waals surface area contributed by atoms with Gasteiger partial charge in [0.25, 0.3) is 0 Å². The van der Waals surface area contributed by atoms with Gasteiger partial charge in [0.05, 0.1) is 12.5 Å². The van der Waals surface area contributed by atoms with E-state index >= 15 is 0 Å². The number of aromatic amines is 1. The van der Waals surface area contributed by atoms with Gasteiger partial charge in [0.15, 0.2) is 5.82 Å². The Labute approximate surface area is 129 Å². The molecule has 2 amide bonds. The first-order valence-corrected chi connectivity index (χ1v) is 7.60. The molecule has 2 heterocycles. The van der Waals surface area contributed by atoms with Crippen molar-refractivity contribution >= 4 is 11.8 Å². The van der Waals surface area contributed by atoms with Crippen molar-refractivity contribution in [3.8, 4) is 0 Å². The summed E-state index contributed by atoms with van der Waals surface area (Å²) in [6, 6.07) is -0.145. The van der Waals surface area contributed by atoms with Crippen LogP contribution in [0.2, 0.25) is 0 Å². The van der Waals surface area contributed by atoms with Gasteiger partial charge in [0, 0.05) is 32.1 Å². The largest absolute Gasteiger partial charge is 0.356 e. The molecule has 0 spiro atoms. The van der Waals surface area contributed by atoms with E-state index in [0.29, 0.717) is 25.3 Å². The third-order valence-corrected chi connectivity index (χ3v) is 3.70. The minimum Gasteiger partial charge on any atom is -0.356 e. The molecule has 0 unspecified atom stereocenters. The van der Waals surface area contributed by atoms with Crippen LogP contribution in [0.4, 0.5) is 0 Å². The van der Waals surface area contributed by atoms with Crippen molar-refractivity contribution in [2.75, 3.05) is 19.6 Å². The van der Waals surface area contributed by atoms with Crippen LogP contribution in [0.3, 0.4) is 0 Å². The Bertz CT molecular complexity index is 489. The molecule has 1 saturated heterocycles. The highest BCUT2D eigenvalue weighted by atomic mass is 16.2. The smallest absolute Gasteiger partial charge is 0.237 e. The number of tetrazole rings is 1. The normalized spacial score (nSPS) is 19.2. The number of H-pyrrole nitrogens is 1. The lowest BCUT2D eigenvalue weighted by atomic mass is 10.1. The van der Waals surface area contributed by atoms with Gasteiger partial charge in [0.2, 0.25) is 11.8 Å². The zero-order chi connectivity index (χ0) is 15.9. The Morgan fingerprint density at radius 3 is 3.00 bits per heavy atom. The van der Waals surface area contributed by atoms with Crippen LogP contribution in [0.1, 0.15) is 32.5 Å². The second-order valence-electron chi connectivity index (χ2n) is 5.62. The summed E-state index contributed by atoms with van der Waals surface area (Å²) in [5, 5.41) is 19.2. The number of nitrogens with zero attached hydrogens (tertiary/aromatic N) is 4. The van der Waals surface area contributed by atoms with Crippen molar-refractivity contribution in [2.45, 2.75) is 45.2 Å². The highest BCUT2D eigenvalue weighted by Crippen LogP contribution is 2.12. The Balaban J connectivity index is 1.73. The fourth-order valence-corrected chi connectivity index (χ4v) is 2.57. The first kappa shape index (κ1) is 16.3. The molecule has 22 heavy (non-hydrogen) atoms. The monoisotopic (exact) mass is 309 g/mol. The van der Waals surface area contributed by atoms with E-state index < -0.39 is 0 Å². The maximum Gasteiger partial charge on any atom is 0.237 e. The quantitative estimate of drug-likeness (QED) is 0.548. The molecular weight excluding hydrogens is 286 g/mol. The van der Waals surface area contributed by atoms with E-state index in [1.54, 1.807) is 0 Å². The molecule has 0 aromatic carbocycles. The molecule has 3 N–H and O–H groups in total. The summed E-state index contributed by atoms with van der Waals surface area (Å²) in [5.74, 6) is 0.453. The number of piperazine rings is 1. The molecule has 0 aliphatic carbocycles. The van der Waals surface area contributed by atoms with Crippen LogP contribution in [-0.4, -0.2) is 69.1 Å². The summed E-state index contributed by atoms with van der Waals surface area (Å²) < 4.78 is 0. The molecule has 122 valence electrons. The van der Waals surface area contributed by atoms with Gasteiger partial charge in [-0.15, -0.1) is 10.2 Å². The summed E-state index contributed by atoms with van der Waals surface area (Å²) >= 11 is 0. The number of carbonyl (C=O) groups excluding carboxylic acids is 2. The molecule has 0 radical (unpaired) electrons. The first-order chi connectivity index (χ1) is 10.6. The Hall–Kier alpha value is -2.03. The summed E-state index contributed by atoms with van der Waals surface area (Å²) in [5.41, 5.74) is 0. The number of hydrogen-bond donors (Lipinski definition) is 3. The minimum atomic E-state index is -0.383. The molecule has 1 fully saturated rings. The van der Waals surface area contributed by atoms with Crippen molar-refractivity contribution in [1.29, 1.82) is 0 Å². The van der Waals surface area contributed by atoms with E-state index in [0.717, 1.165) is 13.0 Å². The summed E-state index contributed by atoms with van der Waals surface area (Å²) in [6.07, 6.45) is 1.57. The van der Waals surface area contributed by atoms with Gasteiger partial charge < -0.3 is 10.6 Å². The van der Waals surface area contributed by atoms with E-state index in [2.05, 4.69) is 36.2 Å². The maximum absolute atomic E-state index is 12.0. The molecular formula is C13H23N7O2. The predicted octanol–water partition coefficient (Wildman–Crippen LogP) is -1.15. The van der Waals surface area contributed by atoms with Crippen LogP contribution in [0.5, 0.6) is 0 Å². The van der Waals surface area contributed by atoms with Crippen LogP contribution in [0, 0.1) is 0 Å². The van der Waals surface area contributed by atoms with Crippen LogP contribution in [0.15, 0.2) is 0 Å². The van der Waals surface area contributed by atoms with Crippen molar-refractivity contribution in [1.82, 2.24) is 36.2 Å². The van der Waals surface area contributed by atoms with Crippen molar-refractivity contribution in [3.63, 3.8) is 0 Å². The van der Waals surface area contributed by atoms with E-state index in [4.69, 9.17) is 0 Å². The van der Waals surface area contributed by atoms with E-state index in [1.807, 2.05) is 13.8 Å². The molecule has 1 atom stereocenters. The van der Waals surface area contributed by atoms with Crippen molar-refractivity contribution in [3.05, 3.63) is 5.82 Å². The lowest BCUT2D eigenvalue weighted by Crippen LogP contribution is -2.58. The minimum absolute atomic E-state index is 0.0677. The number of nitrogens with one attached hydrogen (secondary N) is 3. The number of hydrogen-bond acceptors (Lipinski definition) is 6. The van der Waals surface area contributed by atoms with Crippen LogP contribution < -0.4 is 10.6 Å². The van der Waals surface area contributed by atoms with Crippen LogP contribution in [0.25, 0.3) is 0 Å². The number of carbonyl (C=O) groups is 2. The van der Waals surface area contributed by atoms with Gasteiger partial charge in [-0.25, -0.2) is 0 Å². The average molecular weight is 309 g/mol. The lowest BCUT2D eigenvalue weighted by molar-refractivity contribution is -0.134. The van der Waals surface area contributed by atoms with Gasteiger partial charge in [-0.05, 0) is 20.3 Å². The number of aromatic nitrogens is 4. The SMILES string of the molecule is CC(C)N1CCNC(=O)[C@H]1CC(=O)NCCCc1nn[nH]n1. The molecule has 1 aliphatic heterocycles. The summed E-state index contributed by atoms with van der Waals surface area (Å²) in [4.78, 5) is 26.1. The molecule has 1 aromatic rings. The van der Waals surface area contributed by atoms with E-state index in [-0.39, 0.29) is 30.3 Å². The van der Waals surface area contributed by atoms with Crippen LogP contribution in [-0.2, 0) is 16.0 Å². The third-order valence-electron chi connectivity index (χ3n) is 3.70. The first-order valence-electron chi connectivity index (χ1n) is 7.60. The van der Waals surface area contributed by atoms with E-state index in [1.165, 1.54) is 0 Å². The fourth-order valence-electron chi connectivity index (χ4n) is 2.57. The highest BCUT2D eigenvalue weighted by Gasteiger charge is 2.32. The van der Waals surface area contributed by atoms with Gasteiger partial charge in [-0.3, -0.25) is 14.5 Å². The van der Waals surface area contributed by atoms with Crippen molar-refractivity contribution < 1.29 is 9.59 Å². The highest BCUT2D eigenvalue weighted by molar-refractivity contribution is 5.88. The summed E-state index contributed by atoms with van der Waals surface area (Å²) in [7, 11) is 0. The van der Waals surface area contributed by atoms with Gasteiger partial charge in [-0.2, -0.15) is 5.21 Å². The van der Waals surface area contributed by atoms with Gasteiger partial charge in [-0.1, -0.05) is 5.21 Å². The van der Waals surface area contributed by atoms with Crippen LogP contribution >= 0.6 is 0 Å². The molecule has 1 aliphatic rings. The number of amides is 2. The Morgan fingerprint density at radius 1 is 1.50 bits per heavy atom. The molecule has 9 heteroatoms. The van der Waals surface area contributed by atoms with Gasteiger partial charge in [0.1, 0.15) is 0 Å². The van der Waals surface area contributed by atoms with Crippen molar-refractivity contribution in [2.24, 2.45) is 0 Å². The van der Waals surface area contributed by atoms with Gasteiger partial charge >= 0.3 is 0 Å². The zero-order valence-electron chi connectivity index (χ0n) is 13.0. The Kier molecular flexibility index (Phi) is 5.82. The molecule has 1 aromatic heterocycles. The number of aryl methyl sites for hydroxylation is 1. The lowest BCUT2D eigenvalue weighted by Gasteiger charge is -2.37. The predicted molar refractivity (Wildman–Crippen MR) is 78.8 cm³/mol.